The Kier molecular flexibility index (Phi) is 5.59. The standard InChI is InChI=1S/C13H24N2O3/c1-3-13(4-2,12(17)18)14-9-11(16)15-10-7-5-6-8-10/h10,14H,3-9H2,1-2H3,(H,15,16)(H,17,18). The summed E-state index contributed by atoms with van der Waals surface area (Å²) in [5, 5.41) is 15.1. The van der Waals surface area contributed by atoms with Crippen molar-refractivity contribution in [1.29, 1.82) is 0 Å². The molecule has 1 aliphatic carbocycles. The first-order valence-corrected chi connectivity index (χ1v) is 6.82. The first-order valence-electron chi connectivity index (χ1n) is 6.82. The van der Waals surface area contributed by atoms with Gasteiger partial charge in [0.15, 0.2) is 0 Å². The van der Waals surface area contributed by atoms with E-state index in [1.807, 2.05) is 13.8 Å². The molecule has 0 aromatic heterocycles. The number of aliphatic carboxylic acids is 1. The fourth-order valence-electron chi connectivity index (χ4n) is 2.48. The Morgan fingerprint density at radius 3 is 2.22 bits per heavy atom. The average molecular weight is 256 g/mol. The van der Waals surface area contributed by atoms with E-state index >= 15 is 0 Å². The van der Waals surface area contributed by atoms with Crippen LogP contribution in [0.3, 0.4) is 0 Å². The van der Waals surface area contributed by atoms with Gasteiger partial charge >= 0.3 is 5.97 Å². The molecule has 0 unspecified atom stereocenters. The minimum absolute atomic E-state index is 0.0739. The maximum atomic E-state index is 11.7. The predicted octanol–water partition coefficient (Wildman–Crippen LogP) is 1.28. The van der Waals surface area contributed by atoms with Crippen molar-refractivity contribution in [2.45, 2.75) is 64.0 Å². The third-order valence-electron chi connectivity index (χ3n) is 3.92. The molecule has 0 heterocycles. The Hall–Kier alpha value is -1.10. The molecule has 0 atom stereocenters. The van der Waals surface area contributed by atoms with Crippen molar-refractivity contribution in [2.24, 2.45) is 0 Å². The molecule has 0 aromatic rings. The zero-order valence-electron chi connectivity index (χ0n) is 11.3. The fraction of sp³-hybridized carbons (Fsp3) is 0.846. The first kappa shape index (κ1) is 15.0. The van der Waals surface area contributed by atoms with E-state index in [0.717, 1.165) is 12.8 Å². The van der Waals surface area contributed by atoms with Crippen LogP contribution in [0.5, 0.6) is 0 Å². The second-order valence-electron chi connectivity index (χ2n) is 5.00. The summed E-state index contributed by atoms with van der Waals surface area (Å²) < 4.78 is 0. The molecule has 0 saturated heterocycles. The van der Waals surface area contributed by atoms with Crippen molar-refractivity contribution in [3.05, 3.63) is 0 Å². The number of amides is 1. The van der Waals surface area contributed by atoms with E-state index in [4.69, 9.17) is 0 Å². The molecule has 0 spiro atoms. The van der Waals surface area contributed by atoms with E-state index < -0.39 is 11.5 Å². The van der Waals surface area contributed by atoms with Crippen molar-refractivity contribution in [3.8, 4) is 0 Å². The number of carbonyl (C=O) groups is 2. The number of rotatable bonds is 7. The zero-order chi connectivity index (χ0) is 13.6. The van der Waals surface area contributed by atoms with E-state index in [0.29, 0.717) is 12.8 Å². The van der Waals surface area contributed by atoms with Crippen LogP contribution < -0.4 is 10.6 Å². The Bertz CT molecular complexity index is 295. The summed E-state index contributed by atoms with van der Waals surface area (Å²) in [5.74, 6) is -0.990. The lowest BCUT2D eigenvalue weighted by Gasteiger charge is -2.28. The van der Waals surface area contributed by atoms with E-state index in [1.165, 1.54) is 12.8 Å². The normalized spacial score (nSPS) is 16.8. The third kappa shape index (κ3) is 3.70. The fourth-order valence-corrected chi connectivity index (χ4v) is 2.48. The second kappa shape index (κ2) is 6.73. The number of hydrogen-bond acceptors (Lipinski definition) is 3. The number of carboxylic acid groups (broad SMARTS) is 1. The van der Waals surface area contributed by atoms with Gasteiger partial charge in [0.2, 0.25) is 5.91 Å². The average Bonchev–Trinajstić information content (AvgIpc) is 2.83. The summed E-state index contributed by atoms with van der Waals surface area (Å²) in [6.45, 7) is 3.71. The lowest BCUT2D eigenvalue weighted by Crippen LogP contribution is -2.54. The Morgan fingerprint density at radius 2 is 1.78 bits per heavy atom. The van der Waals surface area contributed by atoms with Crippen molar-refractivity contribution in [3.63, 3.8) is 0 Å². The third-order valence-corrected chi connectivity index (χ3v) is 3.92. The van der Waals surface area contributed by atoms with E-state index in [-0.39, 0.29) is 18.5 Å². The number of hydrogen-bond donors (Lipinski definition) is 3. The monoisotopic (exact) mass is 256 g/mol. The maximum Gasteiger partial charge on any atom is 0.323 e. The Morgan fingerprint density at radius 1 is 1.22 bits per heavy atom. The van der Waals surface area contributed by atoms with E-state index in [2.05, 4.69) is 10.6 Å². The van der Waals surface area contributed by atoms with Gasteiger partial charge in [-0.05, 0) is 25.7 Å². The molecule has 0 aromatic carbocycles. The summed E-state index contributed by atoms with van der Waals surface area (Å²) in [4.78, 5) is 23.0. The first-order chi connectivity index (χ1) is 8.54. The molecule has 104 valence electrons. The maximum absolute atomic E-state index is 11.7. The van der Waals surface area contributed by atoms with Gasteiger partial charge in [0.1, 0.15) is 5.54 Å². The molecule has 1 rings (SSSR count). The van der Waals surface area contributed by atoms with Crippen molar-refractivity contribution in [2.75, 3.05) is 6.54 Å². The summed E-state index contributed by atoms with van der Waals surface area (Å²) in [5.41, 5.74) is -0.979. The lowest BCUT2D eigenvalue weighted by molar-refractivity contribution is -0.145. The molecule has 18 heavy (non-hydrogen) atoms. The highest BCUT2D eigenvalue weighted by molar-refractivity contribution is 5.82. The number of carbonyl (C=O) groups excluding carboxylic acids is 1. The summed E-state index contributed by atoms with van der Waals surface area (Å²) in [7, 11) is 0. The highest BCUT2D eigenvalue weighted by Crippen LogP contribution is 2.18. The summed E-state index contributed by atoms with van der Waals surface area (Å²) in [6, 6.07) is 0.279. The number of carboxylic acids is 1. The van der Waals surface area contributed by atoms with Crippen molar-refractivity contribution < 1.29 is 14.7 Å². The van der Waals surface area contributed by atoms with Gasteiger partial charge < -0.3 is 10.4 Å². The molecule has 1 fully saturated rings. The molecule has 0 aliphatic heterocycles. The SMILES string of the molecule is CCC(CC)(NCC(=O)NC1CCCC1)C(=O)O. The van der Waals surface area contributed by atoms with Gasteiger partial charge in [0.25, 0.3) is 0 Å². The van der Waals surface area contributed by atoms with Gasteiger partial charge in [-0.3, -0.25) is 14.9 Å². The quantitative estimate of drug-likeness (QED) is 0.641. The van der Waals surface area contributed by atoms with Crippen LogP contribution in [0, 0.1) is 0 Å². The van der Waals surface area contributed by atoms with Crippen LogP contribution in [0.15, 0.2) is 0 Å². The highest BCUT2D eigenvalue weighted by atomic mass is 16.4. The summed E-state index contributed by atoms with van der Waals surface area (Å²) >= 11 is 0. The molecule has 5 heteroatoms. The molecular weight excluding hydrogens is 232 g/mol. The van der Waals surface area contributed by atoms with Crippen LogP contribution in [0.25, 0.3) is 0 Å². The van der Waals surface area contributed by atoms with Crippen LogP contribution in [-0.2, 0) is 9.59 Å². The molecular formula is C13H24N2O3. The molecule has 0 radical (unpaired) electrons. The van der Waals surface area contributed by atoms with Crippen molar-refractivity contribution >= 4 is 11.9 Å². The van der Waals surface area contributed by atoms with Crippen LogP contribution >= 0.6 is 0 Å². The minimum atomic E-state index is -0.979. The molecule has 1 amide bonds. The van der Waals surface area contributed by atoms with Gasteiger partial charge in [-0.25, -0.2) is 0 Å². The molecule has 1 saturated carbocycles. The molecule has 0 bridgehead atoms. The molecule has 3 N–H and O–H groups in total. The van der Waals surface area contributed by atoms with E-state index in [9.17, 15) is 14.7 Å². The Labute approximate surface area is 108 Å². The molecule has 5 nitrogen and oxygen atoms in total. The Balaban J connectivity index is 2.41. The smallest absolute Gasteiger partial charge is 0.323 e. The van der Waals surface area contributed by atoms with Crippen molar-refractivity contribution in [1.82, 2.24) is 10.6 Å². The second-order valence-corrected chi connectivity index (χ2v) is 5.00. The van der Waals surface area contributed by atoms with Crippen LogP contribution in [0.4, 0.5) is 0 Å². The number of nitrogens with one attached hydrogen (secondary N) is 2. The largest absolute Gasteiger partial charge is 0.480 e. The lowest BCUT2D eigenvalue weighted by atomic mass is 9.93. The van der Waals surface area contributed by atoms with E-state index in [1.54, 1.807) is 0 Å². The van der Waals surface area contributed by atoms with Gasteiger partial charge in [0.05, 0.1) is 6.54 Å². The summed E-state index contributed by atoms with van der Waals surface area (Å²) in [6.07, 6.45) is 5.35. The predicted molar refractivity (Wildman–Crippen MR) is 69.4 cm³/mol. The zero-order valence-corrected chi connectivity index (χ0v) is 11.3. The van der Waals surface area contributed by atoms with Crippen LogP contribution in [-0.4, -0.2) is 35.1 Å². The minimum Gasteiger partial charge on any atom is -0.480 e. The van der Waals surface area contributed by atoms with Gasteiger partial charge in [-0.15, -0.1) is 0 Å². The van der Waals surface area contributed by atoms with Crippen LogP contribution in [0.2, 0.25) is 0 Å². The topological polar surface area (TPSA) is 78.4 Å². The van der Waals surface area contributed by atoms with Gasteiger partial charge in [-0.2, -0.15) is 0 Å². The molecule has 1 aliphatic rings. The van der Waals surface area contributed by atoms with Gasteiger partial charge in [0, 0.05) is 6.04 Å². The highest BCUT2D eigenvalue weighted by Gasteiger charge is 2.34. The van der Waals surface area contributed by atoms with Gasteiger partial charge in [-0.1, -0.05) is 26.7 Å². The van der Waals surface area contributed by atoms with Crippen LogP contribution in [0.1, 0.15) is 52.4 Å².